The number of aromatic nitrogens is 1. The number of carboxylic acid groups (broad SMARTS) is 2. The lowest BCUT2D eigenvalue weighted by atomic mass is 9.89. The number of halogens is 1. The third kappa shape index (κ3) is 8.24. The van der Waals surface area contributed by atoms with E-state index < -0.39 is 22.0 Å². The van der Waals surface area contributed by atoms with E-state index in [0.29, 0.717) is 54.2 Å². The minimum absolute atomic E-state index is 0.00266. The maximum absolute atomic E-state index is 13.6. The number of rotatable bonds is 9. The van der Waals surface area contributed by atoms with Crippen LogP contribution in [0, 0.1) is 16.9 Å². The fraction of sp³-hybridized carbons (Fsp3) is 0.286. The van der Waals surface area contributed by atoms with Gasteiger partial charge in [-0.25, -0.2) is 22.4 Å². The van der Waals surface area contributed by atoms with Crippen LogP contribution in [0.3, 0.4) is 0 Å². The number of methoxy groups -OCH3 is 1. The van der Waals surface area contributed by atoms with Crippen LogP contribution in [-0.2, 0) is 19.6 Å². The molecule has 3 aromatic rings. The van der Waals surface area contributed by atoms with Crippen molar-refractivity contribution < 1.29 is 46.9 Å². The normalized spacial score (nSPS) is 13.9. The predicted octanol–water partition coefficient (Wildman–Crippen LogP) is 2.41. The van der Waals surface area contributed by atoms with Gasteiger partial charge in [0.25, 0.3) is 10.0 Å². The molecule has 1 aliphatic heterocycles. The molecule has 0 unspecified atom stereocenters. The van der Waals surface area contributed by atoms with Crippen LogP contribution in [0.2, 0.25) is 0 Å². The van der Waals surface area contributed by atoms with E-state index in [4.69, 9.17) is 24.5 Å². The number of nitrogens with zero attached hydrogens (tertiary/aromatic N) is 3. The third-order valence-electron chi connectivity index (χ3n) is 6.58. The van der Waals surface area contributed by atoms with E-state index in [2.05, 4.69) is 4.90 Å². The highest BCUT2D eigenvalue weighted by molar-refractivity contribution is 7.92. The fourth-order valence-corrected chi connectivity index (χ4v) is 5.89. The number of anilines is 1. The number of hydrogen-bond acceptors (Lipinski definition) is 8. The number of Topliss-reactive ketones (excluding diaryl/α,β-unsaturated/α-hetero) is 1. The lowest BCUT2D eigenvalue weighted by Crippen LogP contribution is -2.43. The van der Waals surface area contributed by atoms with E-state index in [9.17, 15) is 22.8 Å². The van der Waals surface area contributed by atoms with Gasteiger partial charge in [0.05, 0.1) is 12.8 Å². The summed E-state index contributed by atoms with van der Waals surface area (Å²) in [4.78, 5) is 33.0. The molecule has 14 heteroatoms. The van der Waals surface area contributed by atoms with Crippen LogP contribution in [0.15, 0.2) is 78.0 Å². The van der Waals surface area contributed by atoms with Gasteiger partial charge in [0.15, 0.2) is 16.9 Å². The minimum Gasteiger partial charge on any atom is -0.619 e. The van der Waals surface area contributed by atoms with E-state index in [-0.39, 0.29) is 29.0 Å². The molecule has 12 nitrogen and oxygen atoms in total. The van der Waals surface area contributed by atoms with E-state index >= 15 is 0 Å². The SMILES string of the molecule is COc1ccccc1N(CCN1CCC(C(=O)c2ccc(F)cc2)CC1)S(=O)(=O)c1ccc[n+]([O-])c1.O=C(O)C(=O)O. The number of ketones is 1. The highest BCUT2D eigenvalue weighted by atomic mass is 32.2. The van der Waals surface area contributed by atoms with E-state index in [1.807, 2.05) is 0 Å². The van der Waals surface area contributed by atoms with Crippen LogP contribution >= 0.6 is 0 Å². The molecule has 224 valence electrons. The third-order valence-corrected chi connectivity index (χ3v) is 8.38. The summed E-state index contributed by atoms with van der Waals surface area (Å²) < 4.78 is 47.5. The number of pyridine rings is 1. The van der Waals surface area contributed by atoms with Gasteiger partial charge in [0, 0.05) is 30.6 Å². The predicted molar refractivity (Wildman–Crippen MR) is 148 cm³/mol. The summed E-state index contributed by atoms with van der Waals surface area (Å²) in [5, 5.41) is 26.6. The van der Waals surface area contributed by atoms with Crippen LogP contribution in [0.1, 0.15) is 23.2 Å². The zero-order chi connectivity index (χ0) is 30.9. The van der Waals surface area contributed by atoms with Crippen molar-refractivity contribution in [2.24, 2.45) is 5.92 Å². The number of piperidine rings is 1. The van der Waals surface area contributed by atoms with Gasteiger partial charge in [-0.1, -0.05) is 12.1 Å². The Kier molecular flexibility index (Phi) is 10.9. The number of carbonyl (C=O) groups is 3. The first-order chi connectivity index (χ1) is 19.9. The molecule has 2 N–H and O–H groups in total. The van der Waals surface area contributed by atoms with Crippen LogP contribution in [0.4, 0.5) is 10.1 Å². The number of carboxylic acids is 2. The molecule has 1 saturated heterocycles. The van der Waals surface area contributed by atoms with E-state index in [1.165, 1.54) is 54.0 Å². The van der Waals surface area contributed by atoms with Gasteiger partial charge in [0.1, 0.15) is 11.6 Å². The molecule has 1 aliphatic rings. The Morgan fingerprint density at radius 1 is 1.02 bits per heavy atom. The lowest BCUT2D eigenvalue weighted by molar-refractivity contribution is -0.607. The van der Waals surface area contributed by atoms with Gasteiger partial charge in [0.2, 0.25) is 6.20 Å². The Hall–Kier alpha value is -4.56. The summed E-state index contributed by atoms with van der Waals surface area (Å²) >= 11 is 0. The quantitative estimate of drug-likeness (QED) is 0.160. The van der Waals surface area contributed by atoms with Gasteiger partial charge < -0.3 is 25.1 Å². The van der Waals surface area contributed by atoms with Crippen LogP contribution in [0.25, 0.3) is 0 Å². The Bertz CT molecular complexity index is 1500. The standard InChI is InChI=1S/C26H28FN3O5S.C2H2O4/c1-35-25-7-3-2-6-24(25)30(36(33,34)23-5-4-14-29(32)19-23)18-17-28-15-12-21(13-16-28)26(31)20-8-10-22(27)11-9-20;3-1(4)2(5)6/h2-11,14,19,21H,12-13,15-18H2,1H3;(H,3,4)(H,5,6). The number of para-hydroxylation sites is 2. The van der Waals surface area contributed by atoms with Gasteiger partial charge in [-0.05, 0) is 68.4 Å². The molecule has 1 fully saturated rings. The van der Waals surface area contributed by atoms with Crippen LogP contribution < -0.4 is 13.8 Å². The number of carbonyl (C=O) groups excluding carboxylic acids is 1. The molecule has 0 spiro atoms. The van der Waals surface area contributed by atoms with Gasteiger partial charge in [-0.15, -0.1) is 0 Å². The minimum atomic E-state index is -4.05. The lowest BCUT2D eigenvalue weighted by Gasteiger charge is -2.33. The number of sulfonamides is 1. The summed E-state index contributed by atoms with van der Waals surface area (Å²) in [6.45, 7) is 1.82. The van der Waals surface area contributed by atoms with Crippen molar-refractivity contribution in [2.45, 2.75) is 17.7 Å². The van der Waals surface area contributed by atoms with Crippen LogP contribution in [0.5, 0.6) is 5.75 Å². The highest BCUT2D eigenvalue weighted by Crippen LogP contribution is 2.32. The smallest absolute Gasteiger partial charge is 0.414 e. The monoisotopic (exact) mass is 603 g/mol. The maximum atomic E-state index is 13.6. The highest BCUT2D eigenvalue weighted by Gasteiger charge is 2.31. The second-order valence-corrected chi connectivity index (χ2v) is 11.1. The van der Waals surface area contributed by atoms with Gasteiger partial charge >= 0.3 is 11.9 Å². The van der Waals surface area contributed by atoms with Crippen molar-refractivity contribution >= 4 is 33.4 Å². The second-order valence-electron chi connectivity index (χ2n) is 9.25. The number of likely N-dealkylation sites (tertiary alicyclic amines) is 1. The van der Waals surface area contributed by atoms with Gasteiger partial charge in [-0.3, -0.25) is 9.10 Å². The average molecular weight is 604 g/mol. The summed E-state index contributed by atoms with van der Waals surface area (Å²) in [6.07, 6.45) is 3.52. The number of aliphatic carboxylic acids is 2. The molecular formula is C28H30FN3O9S. The van der Waals surface area contributed by atoms with E-state index in [0.717, 1.165) is 6.20 Å². The molecule has 42 heavy (non-hydrogen) atoms. The molecule has 0 aliphatic carbocycles. The first-order valence-corrected chi connectivity index (χ1v) is 14.2. The summed E-state index contributed by atoms with van der Waals surface area (Å²) in [7, 11) is -2.58. The number of hydrogen-bond donors (Lipinski definition) is 2. The second kappa shape index (κ2) is 14.4. The molecule has 1 aromatic heterocycles. The maximum Gasteiger partial charge on any atom is 0.414 e. The first kappa shape index (κ1) is 32.0. The summed E-state index contributed by atoms with van der Waals surface area (Å²) in [5.74, 6) is -3.78. The molecule has 4 rings (SSSR count). The zero-order valence-corrected chi connectivity index (χ0v) is 23.4. The molecule has 0 radical (unpaired) electrons. The molecule has 0 bridgehead atoms. The van der Waals surface area contributed by atoms with Crippen molar-refractivity contribution in [3.05, 3.63) is 89.6 Å². The van der Waals surface area contributed by atoms with Crippen molar-refractivity contribution in [2.75, 3.05) is 37.6 Å². The Morgan fingerprint density at radius 3 is 2.21 bits per heavy atom. The van der Waals surface area contributed by atoms with Crippen molar-refractivity contribution in [3.63, 3.8) is 0 Å². The zero-order valence-electron chi connectivity index (χ0n) is 22.6. The Labute approximate surface area is 241 Å². The summed E-state index contributed by atoms with van der Waals surface area (Å²) in [5.41, 5.74) is 0.879. The number of ether oxygens (including phenoxy) is 1. The number of benzene rings is 2. The molecular weight excluding hydrogens is 573 g/mol. The Balaban J connectivity index is 0.000000730. The van der Waals surface area contributed by atoms with E-state index in [1.54, 1.807) is 24.3 Å². The van der Waals surface area contributed by atoms with Crippen LogP contribution in [-0.4, -0.2) is 74.5 Å². The van der Waals surface area contributed by atoms with Crippen molar-refractivity contribution in [1.29, 1.82) is 0 Å². The molecule has 2 heterocycles. The molecule has 0 saturated carbocycles. The van der Waals surface area contributed by atoms with Crippen molar-refractivity contribution in [3.8, 4) is 5.75 Å². The fourth-order valence-electron chi connectivity index (χ4n) is 4.42. The summed E-state index contributed by atoms with van der Waals surface area (Å²) in [6, 6.07) is 15.2. The molecule has 0 amide bonds. The largest absolute Gasteiger partial charge is 0.619 e. The average Bonchev–Trinajstić information content (AvgIpc) is 2.98. The molecule has 0 atom stereocenters. The topological polar surface area (TPSA) is 168 Å². The Morgan fingerprint density at radius 2 is 1.64 bits per heavy atom. The molecule has 2 aromatic carbocycles. The van der Waals surface area contributed by atoms with Crippen molar-refractivity contribution in [1.82, 2.24) is 4.90 Å². The van der Waals surface area contributed by atoms with Gasteiger partial charge in [-0.2, -0.15) is 4.73 Å². The first-order valence-electron chi connectivity index (χ1n) is 12.8.